The number of carbonyl (C=O) groups excluding carboxylic acids is 1. The Hall–Kier alpha value is -0.530. The second kappa shape index (κ2) is 4.48. The van der Waals surface area contributed by atoms with Crippen molar-refractivity contribution in [2.75, 3.05) is 11.8 Å². The fraction of sp³-hybridized carbons (Fsp3) is 0.222. The van der Waals surface area contributed by atoms with Gasteiger partial charge in [0.05, 0.1) is 11.8 Å². The van der Waals surface area contributed by atoms with Crippen LogP contribution in [0.5, 0.6) is 0 Å². The van der Waals surface area contributed by atoms with Gasteiger partial charge in [-0.05, 0) is 11.1 Å². The summed E-state index contributed by atoms with van der Waals surface area (Å²) in [6, 6.07) is 8.48. The molecule has 0 aromatic carbocycles. The van der Waals surface area contributed by atoms with E-state index in [2.05, 4.69) is 24.3 Å². The topological polar surface area (TPSA) is 17.1 Å². The van der Waals surface area contributed by atoms with Gasteiger partial charge in [0.25, 0.3) is 0 Å². The van der Waals surface area contributed by atoms with Crippen LogP contribution in [0.2, 0.25) is 0 Å². The molecule has 0 saturated heterocycles. The molecule has 2 rings (SSSR count). The maximum atomic E-state index is 9.92. The largest absolute Gasteiger partial charge is 0.297 e. The summed E-state index contributed by atoms with van der Waals surface area (Å²) >= 11 is 10.0. The van der Waals surface area contributed by atoms with Crippen LogP contribution in [0, 0.1) is 0 Å². The minimum Gasteiger partial charge on any atom is -0.297 e. The summed E-state index contributed by atoms with van der Waals surface area (Å²) in [4.78, 5) is 9.92. The van der Waals surface area contributed by atoms with E-state index < -0.39 is 0 Å². The molecular weight excluding hydrogens is 195 g/mol. The second-order valence-corrected chi connectivity index (χ2v) is 2.92. The van der Waals surface area contributed by atoms with Crippen molar-refractivity contribution in [2.45, 2.75) is 0 Å². The number of hydrogen-bond acceptors (Lipinski definition) is 1. The molecule has 0 N–H and O–H groups in total. The van der Waals surface area contributed by atoms with E-state index in [0.717, 1.165) is 0 Å². The van der Waals surface area contributed by atoms with E-state index in [1.807, 2.05) is 0 Å². The predicted molar refractivity (Wildman–Crippen MR) is 51.9 cm³/mol. The number of halogens is 2. The number of hydrogen-bond donors (Lipinski definition) is 0. The van der Waals surface area contributed by atoms with E-state index >= 15 is 0 Å². The Morgan fingerprint density at radius 1 is 1.00 bits per heavy atom. The molecule has 0 aromatic heterocycles. The van der Waals surface area contributed by atoms with E-state index in [4.69, 9.17) is 23.2 Å². The van der Waals surface area contributed by atoms with Gasteiger partial charge in [-0.15, -0.1) is 23.2 Å². The molecule has 0 unspecified atom stereocenters. The van der Waals surface area contributed by atoms with Crippen molar-refractivity contribution in [1.29, 1.82) is 0 Å². The van der Waals surface area contributed by atoms with Crippen LogP contribution >= 0.6 is 23.2 Å². The van der Waals surface area contributed by atoms with Crippen molar-refractivity contribution in [1.82, 2.24) is 0 Å². The summed E-state index contributed by atoms with van der Waals surface area (Å²) in [5.41, 5.74) is 2.85. The third-order valence-corrected chi connectivity index (χ3v) is 2.11. The Kier molecular flexibility index (Phi) is 3.57. The first kappa shape index (κ1) is 9.56. The highest BCUT2D eigenvalue weighted by atomic mass is 35.5. The van der Waals surface area contributed by atoms with Crippen LogP contribution < -0.4 is 0 Å². The van der Waals surface area contributed by atoms with Crippen LogP contribution in [-0.2, 0) is 4.79 Å². The Balaban J connectivity index is 0.000000120. The van der Waals surface area contributed by atoms with Crippen LogP contribution in [0.1, 0.15) is 0 Å². The molecule has 2 aliphatic carbocycles. The average molecular weight is 203 g/mol. The predicted octanol–water partition coefficient (Wildman–Crippen LogP) is 2.70. The zero-order valence-corrected chi connectivity index (χ0v) is 7.90. The molecular formula is C9H8Cl2O. The molecule has 12 heavy (non-hydrogen) atoms. The van der Waals surface area contributed by atoms with E-state index in [-0.39, 0.29) is 17.5 Å². The van der Waals surface area contributed by atoms with Crippen LogP contribution in [0.4, 0.5) is 0 Å². The highest BCUT2D eigenvalue weighted by Gasteiger charge is 2.03. The zero-order chi connectivity index (χ0) is 8.97. The molecule has 0 spiro atoms. The van der Waals surface area contributed by atoms with Crippen LogP contribution in [0.25, 0.3) is 11.1 Å². The molecule has 0 fully saturated rings. The van der Waals surface area contributed by atoms with Crippen LogP contribution in [0.15, 0.2) is 24.3 Å². The maximum absolute atomic E-state index is 9.92. The lowest BCUT2D eigenvalue weighted by atomic mass is 9.95. The van der Waals surface area contributed by atoms with E-state index in [9.17, 15) is 4.79 Å². The number of Topliss-reactive ketones (excluding diaryl/α,β-unsaturated/α-hetero) is 1. The Morgan fingerprint density at radius 2 is 1.33 bits per heavy atom. The highest BCUT2D eigenvalue weighted by Crippen LogP contribution is 2.29. The van der Waals surface area contributed by atoms with Crippen molar-refractivity contribution >= 4 is 29.0 Å². The molecule has 0 amide bonds. The Bertz CT molecular complexity index is 239. The molecule has 0 aliphatic heterocycles. The van der Waals surface area contributed by atoms with Crippen molar-refractivity contribution < 1.29 is 4.79 Å². The molecule has 2 aliphatic rings. The number of rotatable bonds is 2. The standard InChI is InChI=1S/C6H4.C3H4Cl2O/c1-2-6-4-3-5(1)6;4-1-3(6)2-5/h1-4H;1-2H2. The van der Waals surface area contributed by atoms with Gasteiger partial charge in [0.15, 0.2) is 5.78 Å². The molecule has 0 atom stereocenters. The van der Waals surface area contributed by atoms with Gasteiger partial charge in [-0.3, -0.25) is 4.79 Å². The zero-order valence-electron chi connectivity index (χ0n) is 6.39. The molecule has 0 heterocycles. The number of benzene rings is 1. The third kappa shape index (κ3) is 2.23. The van der Waals surface area contributed by atoms with Crippen molar-refractivity contribution in [3.63, 3.8) is 0 Å². The van der Waals surface area contributed by atoms with Crippen LogP contribution in [-0.4, -0.2) is 17.5 Å². The monoisotopic (exact) mass is 202 g/mol. The van der Waals surface area contributed by atoms with E-state index in [1.54, 1.807) is 0 Å². The number of ketones is 1. The minimum atomic E-state index is -0.127. The molecule has 64 valence electrons. The third-order valence-electron chi connectivity index (χ3n) is 1.52. The number of fused-ring (bicyclic) bond motifs is 1. The fourth-order valence-corrected chi connectivity index (χ4v) is 0.984. The maximum Gasteiger partial charge on any atom is 0.162 e. The lowest BCUT2D eigenvalue weighted by Gasteiger charge is -2.10. The Labute approximate surface area is 81.3 Å². The summed E-state index contributed by atoms with van der Waals surface area (Å²) in [7, 11) is 0. The summed E-state index contributed by atoms with van der Waals surface area (Å²) < 4.78 is 0. The van der Waals surface area contributed by atoms with Gasteiger partial charge in [-0.1, -0.05) is 24.3 Å². The molecule has 0 saturated carbocycles. The second-order valence-electron chi connectivity index (χ2n) is 2.38. The van der Waals surface area contributed by atoms with Gasteiger partial charge in [0.1, 0.15) is 0 Å². The van der Waals surface area contributed by atoms with Crippen molar-refractivity contribution in [3.8, 4) is 11.1 Å². The summed E-state index contributed by atoms with van der Waals surface area (Å²) in [5.74, 6) is -0.0640. The molecule has 0 aromatic rings. The van der Waals surface area contributed by atoms with Crippen molar-refractivity contribution in [3.05, 3.63) is 24.3 Å². The summed E-state index contributed by atoms with van der Waals surface area (Å²) in [6.07, 6.45) is 0. The molecule has 1 nitrogen and oxygen atoms in total. The Morgan fingerprint density at radius 3 is 1.33 bits per heavy atom. The van der Waals surface area contributed by atoms with Gasteiger partial charge >= 0.3 is 0 Å². The summed E-state index contributed by atoms with van der Waals surface area (Å²) in [5, 5.41) is 0. The fourth-order valence-electron chi connectivity index (χ4n) is 0.698. The first-order valence-electron chi connectivity index (χ1n) is 3.52. The number of alkyl halides is 2. The molecule has 3 heteroatoms. The van der Waals surface area contributed by atoms with Gasteiger partial charge in [0, 0.05) is 0 Å². The lowest BCUT2D eigenvalue weighted by Crippen LogP contribution is -1.98. The average Bonchev–Trinajstić information content (AvgIpc) is 2.10. The van der Waals surface area contributed by atoms with E-state index in [0.29, 0.717) is 0 Å². The lowest BCUT2D eigenvalue weighted by molar-refractivity contribution is -0.114. The molecule has 0 bridgehead atoms. The SMILES string of the molecule is O=C(CCl)CCl.c1cc2ccc1-2. The van der Waals surface area contributed by atoms with Gasteiger partial charge in [-0.2, -0.15) is 0 Å². The smallest absolute Gasteiger partial charge is 0.162 e. The quantitative estimate of drug-likeness (QED) is 0.685. The highest BCUT2D eigenvalue weighted by molar-refractivity contribution is 6.35. The first-order valence-corrected chi connectivity index (χ1v) is 4.59. The molecule has 0 radical (unpaired) electrons. The summed E-state index contributed by atoms with van der Waals surface area (Å²) in [6.45, 7) is 0. The van der Waals surface area contributed by atoms with Crippen LogP contribution in [0.3, 0.4) is 0 Å². The minimum absolute atomic E-state index is 0.0312. The van der Waals surface area contributed by atoms with Gasteiger partial charge in [0.2, 0.25) is 0 Å². The van der Waals surface area contributed by atoms with Crippen molar-refractivity contribution in [2.24, 2.45) is 0 Å². The van der Waals surface area contributed by atoms with E-state index in [1.165, 1.54) is 11.1 Å². The normalized spacial score (nSPS) is 9.83. The number of carbonyl (C=O) groups is 1. The first-order chi connectivity index (χ1) is 5.77. The van der Waals surface area contributed by atoms with Gasteiger partial charge < -0.3 is 0 Å². The van der Waals surface area contributed by atoms with Gasteiger partial charge in [-0.25, -0.2) is 0 Å².